The molecule has 1 amide bonds. The van der Waals surface area contributed by atoms with Gasteiger partial charge in [-0.1, -0.05) is 42.8 Å². The highest BCUT2D eigenvalue weighted by Gasteiger charge is 2.23. The van der Waals surface area contributed by atoms with Gasteiger partial charge in [0.2, 0.25) is 10.0 Å². The molecular weight excluding hydrogens is 625 g/mol. The van der Waals surface area contributed by atoms with Crippen LogP contribution in [0.1, 0.15) is 72.5 Å². The molecule has 1 fully saturated rings. The minimum absolute atomic E-state index is 0. The van der Waals surface area contributed by atoms with Gasteiger partial charge in [0.25, 0.3) is 5.91 Å². The van der Waals surface area contributed by atoms with E-state index in [2.05, 4.69) is 27.2 Å². The number of rotatable bonds is 15. The number of hydrogen-bond donors (Lipinski definition) is 4. The van der Waals surface area contributed by atoms with Crippen LogP contribution >= 0.6 is 24.8 Å². The Labute approximate surface area is 272 Å². The normalized spacial score (nSPS) is 14.1. The topological polar surface area (TPSA) is 138 Å². The fraction of sp³-hybridized carbons (Fsp3) is 0.438. The maximum atomic E-state index is 13.1. The number of aromatic nitrogens is 1. The van der Waals surface area contributed by atoms with Gasteiger partial charge in [-0.25, -0.2) is 13.1 Å². The van der Waals surface area contributed by atoms with E-state index in [0.29, 0.717) is 25.3 Å². The third kappa shape index (κ3) is 11.6. The van der Waals surface area contributed by atoms with E-state index >= 15 is 0 Å². The molecule has 0 spiro atoms. The number of carbonyl (C=O) groups is 1. The molecule has 9 nitrogen and oxygen atoms in total. The van der Waals surface area contributed by atoms with Crippen LogP contribution in [0, 0.1) is 0 Å². The van der Waals surface area contributed by atoms with E-state index in [9.17, 15) is 18.3 Å². The molecule has 4 rings (SSSR count). The van der Waals surface area contributed by atoms with Gasteiger partial charge in [0, 0.05) is 31.1 Å². The van der Waals surface area contributed by atoms with Crippen LogP contribution < -0.4 is 14.8 Å². The number of carbonyl (C=O) groups excluding carboxylic acids is 1. The summed E-state index contributed by atoms with van der Waals surface area (Å²) in [4.78, 5) is 17.1. The summed E-state index contributed by atoms with van der Waals surface area (Å²) in [5.74, 6) is -0.570. The van der Waals surface area contributed by atoms with Gasteiger partial charge in [0.15, 0.2) is 0 Å². The third-order valence-electron chi connectivity index (χ3n) is 7.43. The number of sulfonamides is 1. The molecule has 3 aromatic rings. The summed E-state index contributed by atoms with van der Waals surface area (Å²) in [5, 5.41) is 22.5. The SMILES string of the molecule is Cl.Cl.O=C(NS(=O)(=O)CCCCO)c1ccc(-c2ccc(CCNC[C@H](O)c3cccnc3)cc2)cc1OC1CCCCC1. The van der Waals surface area contributed by atoms with Crippen LogP contribution in [-0.4, -0.2) is 61.1 Å². The number of benzene rings is 2. The van der Waals surface area contributed by atoms with Gasteiger partial charge < -0.3 is 20.3 Å². The van der Waals surface area contributed by atoms with E-state index < -0.39 is 22.0 Å². The van der Waals surface area contributed by atoms with Crippen molar-refractivity contribution in [3.05, 3.63) is 83.7 Å². The van der Waals surface area contributed by atoms with Crippen LogP contribution in [0.4, 0.5) is 0 Å². The molecule has 242 valence electrons. The van der Waals surface area contributed by atoms with E-state index in [1.807, 2.05) is 24.3 Å². The molecule has 0 bridgehead atoms. The van der Waals surface area contributed by atoms with Crippen molar-refractivity contribution in [1.29, 1.82) is 0 Å². The molecular formula is C32H43Cl2N3O6S. The lowest BCUT2D eigenvalue weighted by Gasteiger charge is -2.24. The predicted octanol–water partition coefficient (Wildman–Crippen LogP) is 5.00. The highest BCUT2D eigenvalue weighted by molar-refractivity contribution is 7.90. The van der Waals surface area contributed by atoms with Crippen molar-refractivity contribution < 1.29 is 28.2 Å². The van der Waals surface area contributed by atoms with Gasteiger partial charge in [-0.2, -0.15) is 0 Å². The molecule has 0 unspecified atom stereocenters. The Morgan fingerprint density at radius 2 is 1.73 bits per heavy atom. The number of hydrogen-bond acceptors (Lipinski definition) is 8. The first-order valence-electron chi connectivity index (χ1n) is 14.7. The molecule has 44 heavy (non-hydrogen) atoms. The van der Waals surface area contributed by atoms with Crippen LogP contribution in [0.25, 0.3) is 11.1 Å². The summed E-state index contributed by atoms with van der Waals surface area (Å²) >= 11 is 0. The van der Waals surface area contributed by atoms with Gasteiger partial charge in [-0.15, -0.1) is 24.8 Å². The van der Waals surface area contributed by atoms with Crippen LogP contribution in [0.2, 0.25) is 0 Å². The minimum Gasteiger partial charge on any atom is -0.490 e. The summed E-state index contributed by atoms with van der Waals surface area (Å²) in [6, 6.07) is 17.0. The molecule has 0 radical (unpaired) electrons. The summed E-state index contributed by atoms with van der Waals surface area (Å²) < 4.78 is 33.3. The molecule has 0 saturated heterocycles. The average molecular weight is 669 g/mol. The molecule has 1 aliphatic carbocycles. The second kappa shape index (κ2) is 18.9. The Morgan fingerprint density at radius 3 is 2.41 bits per heavy atom. The fourth-order valence-electron chi connectivity index (χ4n) is 5.03. The zero-order valence-electron chi connectivity index (χ0n) is 24.7. The fourth-order valence-corrected chi connectivity index (χ4v) is 6.11. The number of nitrogens with one attached hydrogen (secondary N) is 2. The molecule has 1 saturated carbocycles. The Morgan fingerprint density at radius 1 is 1.00 bits per heavy atom. The molecule has 4 N–H and O–H groups in total. The third-order valence-corrected chi connectivity index (χ3v) is 8.75. The van der Waals surface area contributed by atoms with Gasteiger partial charge in [0.1, 0.15) is 5.75 Å². The van der Waals surface area contributed by atoms with Crippen molar-refractivity contribution in [2.75, 3.05) is 25.4 Å². The monoisotopic (exact) mass is 667 g/mol. The van der Waals surface area contributed by atoms with Crippen LogP contribution in [-0.2, 0) is 16.4 Å². The molecule has 1 aromatic heterocycles. The van der Waals surface area contributed by atoms with Crippen LogP contribution in [0.15, 0.2) is 67.0 Å². The van der Waals surface area contributed by atoms with E-state index in [-0.39, 0.29) is 55.3 Å². The van der Waals surface area contributed by atoms with Crippen LogP contribution in [0.5, 0.6) is 5.75 Å². The summed E-state index contributed by atoms with van der Waals surface area (Å²) in [5.41, 5.74) is 3.93. The first-order valence-corrected chi connectivity index (χ1v) is 16.3. The molecule has 1 heterocycles. The minimum atomic E-state index is -3.83. The quantitative estimate of drug-likeness (QED) is 0.166. The number of amides is 1. The summed E-state index contributed by atoms with van der Waals surface area (Å²) in [7, 11) is -3.83. The maximum Gasteiger partial charge on any atom is 0.268 e. The lowest BCUT2D eigenvalue weighted by Crippen LogP contribution is -2.33. The first kappa shape index (κ1) is 37.5. The Hall–Kier alpha value is -2.73. The average Bonchev–Trinajstić information content (AvgIpc) is 3.00. The van der Waals surface area contributed by atoms with Gasteiger partial charge >= 0.3 is 0 Å². The second-order valence-corrected chi connectivity index (χ2v) is 12.6. The number of pyridine rings is 1. The van der Waals surface area contributed by atoms with E-state index in [4.69, 9.17) is 9.84 Å². The Balaban J connectivity index is 0.00000337. The van der Waals surface area contributed by atoms with Gasteiger partial charge in [-0.05, 0) is 86.4 Å². The van der Waals surface area contributed by atoms with Crippen molar-refractivity contribution in [3.8, 4) is 16.9 Å². The van der Waals surface area contributed by atoms with Crippen molar-refractivity contribution in [2.45, 2.75) is 63.6 Å². The van der Waals surface area contributed by atoms with Crippen LogP contribution in [0.3, 0.4) is 0 Å². The molecule has 2 aromatic carbocycles. The van der Waals surface area contributed by atoms with Gasteiger partial charge in [-0.3, -0.25) is 9.78 Å². The Kier molecular flexibility index (Phi) is 16.1. The zero-order valence-corrected chi connectivity index (χ0v) is 27.1. The van der Waals surface area contributed by atoms with E-state index in [0.717, 1.165) is 60.8 Å². The van der Waals surface area contributed by atoms with E-state index in [1.54, 1.807) is 30.6 Å². The largest absolute Gasteiger partial charge is 0.490 e. The number of halogens is 2. The Bertz CT molecular complexity index is 1390. The summed E-state index contributed by atoms with van der Waals surface area (Å²) in [6.07, 6.45) is 9.20. The molecule has 1 aliphatic rings. The highest BCUT2D eigenvalue weighted by Crippen LogP contribution is 2.31. The number of aliphatic hydroxyl groups is 2. The first-order chi connectivity index (χ1) is 20.3. The molecule has 12 heteroatoms. The lowest BCUT2D eigenvalue weighted by atomic mass is 9.97. The zero-order chi connectivity index (χ0) is 29.8. The number of unbranched alkanes of at least 4 members (excludes halogenated alkanes) is 1. The standard InChI is InChI=1S/C32H41N3O6S.2ClH/c36-19-4-5-20-42(39,40)35-32(38)29-15-14-26(21-31(29)41-28-8-2-1-3-9-28)25-12-10-24(11-13-25)16-18-34-23-30(37)27-7-6-17-33-22-27;;/h6-7,10-15,17,21-22,28,30,34,36-37H,1-5,8-9,16,18-20,23H2,(H,35,38);2*1H/t30-;;/m0../s1. The molecule has 0 aliphatic heterocycles. The van der Waals surface area contributed by atoms with Crippen molar-refractivity contribution >= 4 is 40.7 Å². The number of aliphatic hydroxyl groups excluding tert-OH is 2. The smallest absolute Gasteiger partial charge is 0.268 e. The summed E-state index contributed by atoms with van der Waals surface area (Å²) in [6.45, 7) is 1.05. The predicted molar refractivity (Wildman–Crippen MR) is 177 cm³/mol. The van der Waals surface area contributed by atoms with Gasteiger partial charge in [0.05, 0.1) is 23.5 Å². The molecule has 1 atom stereocenters. The highest BCUT2D eigenvalue weighted by atomic mass is 35.5. The maximum absolute atomic E-state index is 13.1. The van der Waals surface area contributed by atoms with Crippen molar-refractivity contribution in [2.24, 2.45) is 0 Å². The van der Waals surface area contributed by atoms with E-state index in [1.165, 1.54) is 0 Å². The van der Waals surface area contributed by atoms with Crippen molar-refractivity contribution in [1.82, 2.24) is 15.0 Å². The van der Waals surface area contributed by atoms with Crippen molar-refractivity contribution in [3.63, 3.8) is 0 Å². The number of ether oxygens (including phenoxy) is 1. The second-order valence-electron chi connectivity index (χ2n) is 10.7. The number of nitrogens with zero attached hydrogens (tertiary/aromatic N) is 1. The lowest BCUT2D eigenvalue weighted by molar-refractivity contribution is 0.0969.